The standard InChI is InChI=1S/C13H16OS2/c1-11(14)10-13(15-8-5-9-16-13)12-6-3-2-4-7-12/h2-4,6-7H,5,8-10H2,1H3. The maximum atomic E-state index is 11.5. The van der Waals surface area contributed by atoms with Gasteiger partial charge < -0.3 is 0 Å². The highest BCUT2D eigenvalue weighted by Gasteiger charge is 2.36. The van der Waals surface area contributed by atoms with Crippen molar-refractivity contribution in [1.29, 1.82) is 0 Å². The number of carbonyl (C=O) groups is 1. The van der Waals surface area contributed by atoms with Crippen molar-refractivity contribution < 1.29 is 4.79 Å². The molecule has 0 N–H and O–H groups in total. The van der Waals surface area contributed by atoms with Gasteiger partial charge in [-0.05, 0) is 30.4 Å². The van der Waals surface area contributed by atoms with Gasteiger partial charge >= 0.3 is 0 Å². The summed E-state index contributed by atoms with van der Waals surface area (Å²) in [6.45, 7) is 1.69. The van der Waals surface area contributed by atoms with E-state index in [0.29, 0.717) is 6.42 Å². The Morgan fingerprint density at radius 3 is 2.44 bits per heavy atom. The van der Waals surface area contributed by atoms with Gasteiger partial charge in [0.25, 0.3) is 0 Å². The van der Waals surface area contributed by atoms with Crippen LogP contribution in [0.4, 0.5) is 0 Å². The van der Waals surface area contributed by atoms with Gasteiger partial charge in [0.05, 0.1) is 4.08 Å². The van der Waals surface area contributed by atoms with E-state index in [4.69, 9.17) is 0 Å². The number of hydrogen-bond donors (Lipinski definition) is 0. The molecule has 1 aliphatic rings. The third kappa shape index (κ3) is 2.64. The van der Waals surface area contributed by atoms with Crippen LogP contribution in [-0.4, -0.2) is 17.3 Å². The van der Waals surface area contributed by atoms with Gasteiger partial charge in [0.2, 0.25) is 0 Å². The lowest BCUT2D eigenvalue weighted by atomic mass is 10.1. The largest absolute Gasteiger partial charge is 0.300 e. The highest BCUT2D eigenvalue weighted by molar-refractivity contribution is 8.18. The van der Waals surface area contributed by atoms with E-state index in [1.165, 1.54) is 12.0 Å². The van der Waals surface area contributed by atoms with Gasteiger partial charge in [-0.3, -0.25) is 4.79 Å². The van der Waals surface area contributed by atoms with Crippen LogP contribution in [0.1, 0.15) is 25.3 Å². The third-order valence-electron chi connectivity index (χ3n) is 2.65. The van der Waals surface area contributed by atoms with Crippen molar-refractivity contribution in [3.8, 4) is 0 Å². The summed E-state index contributed by atoms with van der Waals surface area (Å²) in [6.07, 6.45) is 1.90. The lowest BCUT2D eigenvalue weighted by Crippen LogP contribution is -2.25. The lowest BCUT2D eigenvalue weighted by molar-refractivity contribution is -0.117. The predicted molar refractivity (Wildman–Crippen MR) is 73.0 cm³/mol. The lowest BCUT2D eigenvalue weighted by Gasteiger charge is -2.35. The highest BCUT2D eigenvalue weighted by Crippen LogP contribution is 2.52. The monoisotopic (exact) mass is 252 g/mol. The van der Waals surface area contributed by atoms with Crippen molar-refractivity contribution in [3.63, 3.8) is 0 Å². The molecule has 1 nitrogen and oxygen atoms in total. The molecule has 0 amide bonds. The van der Waals surface area contributed by atoms with Gasteiger partial charge in [0.15, 0.2) is 0 Å². The molecule has 1 aromatic rings. The highest BCUT2D eigenvalue weighted by atomic mass is 32.2. The Hall–Kier alpha value is -0.410. The van der Waals surface area contributed by atoms with E-state index in [0.717, 1.165) is 11.5 Å². The zero-order valence-electron chi connectivity index (χ0n) is 9.44. The number of benzene rings is 1. The van der Waals surface area contributed by atoms with E-state index in [1.807, 2.05) is 29.6 Å². The van der Waals surface area contributed by atoms with E-state index in [9.17, 15) is 4.79 Å². The summed E-state index contributed by atoms with van der Waals surface area (Å²) in [5.41, 5.74) is 1.29. The molecular formula is C13H16OS2. The fourth-order valence-corrected chi connectivity index (χ4v) is 5.43. The molecule has 0 radical (unpaired) electrons. The normalized spacial score (nSPS) is 19.3. The molecule has 0 unspecified atom stereocenters. The fourth-order valence-electron chi connectivity index (χ4n) is 1.97. The van der Waals surface area contributed by atoms with E-state index in [2.05, 4.69) is 24.3 Å². The van der Waals surface area contributed by atoms with Gasteiger partial charge in [-0.25, -0.2) is 0 Å². The summed E-state index contributed by atoms with van der Waals surface area (Å²) in [5.74, 6) is 2.61. The maximum Gasteiger partial charge on any atom is 0.132 e. The van der Waals surface area contributed by atoms with Crippen molar-refractivity contribution in [3.05, 3.63) is 35.9 Å². The molecule has 1 aromatic carbocycles. The predicted octanol–water partition coefficient (Wildman–Crippen LogP) is 3.69. The van der Waals surface area contributed by atoms with Crippen LogP contribution in [0.5, 0.6) is 0 Å². The van der Waals surface area contributed by atoms with Crippen LogP contribution in [-0.2, 0) is 8.87 Å². The van der Waals surface area contributed by atoms with E-state index in [1.54, 1.807) is 6.92 Å². The van der Waals surface area contributed by atoms with Crippen LogP contribution in [0.3, 0.4) is 0 Å². The SMILES string of the molecule is CC(=O)CC1(c2ccccc2)SCCCS1. The minimum Gasteiger partial charge on any atom is -0.300 e. The van der Waals surface area contributed by atoms with Gasteiger partial charge in [-0.15, -0.1) is 23.5 Å². The summed E-state index contributed by atoms with van der Waals surface area (Å²) in [5, 5.41) is 0. The molecule has 86 valence electrons. The first-order valence-corrected chi connectivity index (χ1v) is 7.53. The number of Topliss-reactive ketones (excluding diaryl/α,β-unsaturated/α-hetero) is 1. The van der Waals surface area contributed by atoms with E-state index < -0.39 is 0 Å². The van der Waals surface area contributed by atoms with Gasteiger partial charge in [-0.1, -0.05) is 30.3 Å². The molecule has 0 saturated carbocycles. The molecule has 1 heterocycles. The van der Waals surface area contributed by atoms with Crippen LogP contribution in [0.25, 0.3) is 0 Å². The molecule has 1 saturated heterocycles. The Bertz CT molecular complexity index is 355. The average Bonchev–Trinajstić information content (AvgIpc) is 2.30. The van der Waals surface area contributed by atoms with Crippen molar-refractivity contribution in [2.75, 3.05) is 11.5 Å². The maximum absolute atomic E-state index is 11.5. The Morgan fingerprint density at radius 1 is 1.25 bits per heavy atom. The van der Waals surface area contributed by atoms with Crippen LogP contribution in [0, 0.1) is 0 Å². The summed E-state index contributed by atoms with van der Waals surface area (Å²) in [6, 6.07) is 10.4. The van der Waals surface area contributed by atoms with Crippen LogP contribution < -0.4 is 0 Å². The second-order valence-electron chi connectivity index (χ2n) is 4.05. The van der Waals surface area contributed by atoms with Crippen LogP contribution in [0.2, 0.25) is 0 Å². The third-order valence-corrected chi connectivity index (χ3v) is 6.04. The Labute approximate surface area is 105 Å². The zero-order valence-corrected chi connectivity index (χ0v) is 11.1. The molecular weight excluding hydrogens is 236 g/mol. The summed E-state index contributed by atoms with van der Waals surface area (Å²) in [7, 11) is 0. The molecule has 0 aromatic heterocycles. The van der Waals surface area contributed by atoms with E-state index in [-0.39, 0.29) is 9.86 Å². The number of ketones is 1. The van der Waals surface area contributed by atoms with Gasteiger partial charge in [-0.2, -0.15) is 0 Å². The average molecular weight is 252 g/mol. The molecule has 0 aliphatic carbocycles. The summed E-state index contributed by atoms with van der Waals surface area (Å²) >= 11 is 3.87. The Morgan fingerprint density at radius 2 is 1.88 bits per heavy atom. The van der Waals surface area contributed by atoms with Crippen molar-refractivity contribution in [2.45, 2.75) is 23.8 Å². The molecule has 1 fully saturated rings. The number of hydrogen-bond acceptors (Lipinski definition) is 3. The number of rotatable bonds is 3. The minimum absolute atomic E-state index is 0.0225. The molecule has 1 aliphatic heterocycles. The second kappa shape index (κ2) is 5.28. The van der Waals surface area contributed by atoms with E-state index >= 15 is 0 Å². The van der Waals surface area contributed by atoms with Crippen molar-refractivity contribution >= 4 is 29.3 Å². The molecule has 2 rings (SSSR count). The molecule has 0 atom stereocenters. The molecule has 0 spiro atoms. The van der Waals surface area contributed by atoms with Gasteiger partial charge in [0, 0.05) is 6.42 Å². The molecule has 3 heteroatoms. The number of carbonyl (C=O) groups excluding carboxylic acids is 1. The summed E-state index contributed by atoms with van der Waals surface area (Å²) in [4.78, 5) is 11.5. The van der Waals surface area contributed by atoms with Crippen LogP contribution >= 0.6 is 23.5 Å². The molecule has 0 bridgehead atoms. The Kier molecular flexibility index (Phi) is 3.98. The van der Waals surface area contributed by atoms with Crippen LogP contribution in [0.15, 0.2) is 30.3 Å². The first-order valence-electron chi connectivity index (χ1n) is 5.56. The topological polar surface area (TPSA) is 17.1 Å². The fraction of sp³-hybridized carbons (Fsp3) is 0.462. The quantitative estimate of drug-likeness (QED) is 0.816. The summed E-state index contributed by atoms with van der Waals surface area (Å²) < 4.78 is -0.0225. The minimum atomic E-state index is -0.0225. The smallest absolute Gasteiger partial charge is 0.132 e. The van der Waals surface area contributed by atoms with Crippen molar-refractivity contribution in [2.24, 2.45) is 0 Å². The van der Waals surface area contributed by atoms with Crippen molar-refractivity contribution in [1.82, 2.24) is 0 Å². The second-order valence-corrected chi connectivity index (χ2v) is 7.09. The first kappa shape index (κ1) is 12.1. The van der Waals surface area contributed by atoms with Gasteiger partial charge in [0.1, 0.15) is 5.78 Å². The first-order chi connectivity index (χ1) is 7.73. The molecule has 16 heavy (non-hydrogen) atoms. The Balaban J connectivity index is 2.29. The zero-order chi connectivity index (χ0) is 11.4. The number of thioether (sulfide) groups is 2.